The zero-order valence-corrected chi connectivity index (χ0v) is 2.88. The van der Waals surface area contributed by atoms with E-state index in [0.29, 0.717) is 0 Å². The summed E-state index contributed by atoms with van der Waals surface area (Å²) in [5, 5.41) is 0. The second-order valence-corrected chi connectivity index (χ2v) is 0.758. The van der Waals surface area contributed by atoms with E-state index in [0.717, 1.165) is 0 Å². The molecule has 1 heterocycles. The summed E-state index contributed by atoms with van der Waals surface area (Å²) in [5.41, 5.74) is 0. The van der Waals surface area contributed by atoms with Crippen LogP contribution in [0.2, 0.25) is 0 Å². The Balaban J connectivity index is 0.000000360. The van der Waals surface area contributed by atoms with Crippen molar-refractivity contribution in [2.45, 2.75) is 0 Å². The third-order valence-corrected chi connectivity index (χ3v) is 0.384. The van der Waals surface area contributed by atoms with Gasteiger partial charge in [0, 0.05) is 0 Å². The molecular weight excluding hydrogens is 91.0 g/mol. The van der Waals surface area contributed by atoms with E-state index >= 15 is 0 Å². The third kappa shape index (κ3) is 1.67. The third-order valence-electron chi connectivity index (χ3n) is 0.384. The zero-order valence-electron chi connectivity index (χ0n) is 2.88. The number of rotatable bonds is 0. The molecule has 34 valence electrons. The first kappa shape index (κ1) is 6.61. The molecule has 0 radical (unpaired) electrons. The van der Waals surface area contributed by atoms with Crippen molar-refractivity contribution in [2.75, 3.05) is 0 Å². The first-order valence-corrected chi connectivity index (χ1v) is 1.42. The van der Waals surface area contributed by atoms with Gasteiger partial charge in [0.1, 0.15) is 12.5 Å². The van der Waals surface area contributed by atoms with Crippen LogP contribution in [0, 0.1) is 0 Å². The SMILES string of the molecule is O=c1occo1.[LiH]. The molecule has 0 unspecified atom stereocenters. The molecule has 1 aromatic heterocycles. The fraction of sp³-hybridized carbons (Fsp3) is 0. The Morgan fingerprint density at radius 3 is 1.86 bits per heavy atom. The van der Waals surface area contributed by atoms with Crippen LogP contribution in [-0.4, -0.2) is 18.9 Å². The number of hydrogen-bond acceptors (Lipinski definition) is 3. The molecule has 0 bridgehead atoms. The second kappa shape index (κ2) is 2.73. The Bertz CT molecular complexity index is 148. The van der Waals surface area contributed by atoms with Gasteiger partial charge in [-0.1, -0.05) is 0 Å². The molecule has 0 saturated carbocycles. The van der Waals surface area contributed by atoms with Crippen molar-refractivity contribution in [3.63, 3.8) is 0 Å². The average Bonchev–Trinajstić information content (AvgIpc) is 1.86. The fourth-order valence-electron chi connectivity index (χ4n) is 0.194. The molecule has 1 rings (SSSR count). The van der Waals surface area contributed by atoms with E-state index in [2.05, 4.69) is 8.83 Å². The molecule has 3 nitrogen and oxygen atoms in total. The van der Waals surface area contributed by atoms with E-state index in [1.807, 2.05) is 0 Å². The van der Waals surface area contributed by atoms with Crippen LogP contribution in [0.5, 0.6) is 0 Å². The van der Waals surface area contributed by atoms with E-state index in [1.165, 1.54) is 12.5 Å². The molecule has 0 fully saturated rings. The monoisotopic (exact) mass is 94.0 g/mol. The molecule has 7 heavy (non-hydrogen) atoms. The molecule has 0 spiro atoms. The Hall–Kier alpha value is -0.393. The van der Waals surface area contributed by atoms with Crippen LogP contribution in [0.15, 0.2) is 26.2 Å². The fourth-order valence-corrected chi connectivity index (χ4v) is 0.194. The predicted octanol–water partition coefficient (Wildman–Crippen LogP) is -0.416. The van der Waals surface area contributed by atoms with Gasteiger partial charge in [-0.3, -0.25) is 0 Å². The van der Waals surface area contributed by atoms with Crippen LogP contribution in [0.25, 0.3) is 0 Å². The van der Waals surface area contributed by atoms with Gasteiger partial charge in [-0.2, -0.15) is 0 Å². The van der Waals surface area contributed by atoms with Gasteiger partial charge in [-0.15, -0.1) is 0 Å². The second-order valence-electron chi connectivity index (χ2n) is 0.758. The zero-order chi connectivity index (χ0) is 4.41. The quantitative estimate of drug-likeness (QED) is 0.410. The molecule has 0 aliphatic heterocycles. The Kier molecular flexibility index (Phi) is 2.57. The summed E-state index contributed by atoms with van der Waals surface area (Å²) in [5.74, 6) is -0.657. The van der Waals surface area contributed by atoms with Gasteiger partial charge in [0.2, 0.25) is 0 Å². The Labute approximate surface area is 51.5 Å². The summed E-state index contributed by atoms with van der Waals surface area (Å²) >= 11 is 0. The van der Waals surface area contributed by atoms with Crippen molar-refractivity contribution in [3.05, 3.63) is 23.1 Å². The summed E-state index contributed by atoms with van der Waals surface area (Å²) in [6.07, 6.45) is 2.37. The van der Waals surface area contributed by atoms with Gasteiger partial charge in [0.15, 0.2) is 0 Å². The normalized spacial score (nSPS) is 7.43. The summed E-state index contributed by atoms with van der Waals surface area (Å²) in [6, 6.07) is 0. The molecule has 0 aromatic carbocycles. The van der Waals surface area contributed by atoms with Crippen LogP contribution < -0.4 is 5.82 Å². The molecular formula is C3H3LiO3. The van der Waals surface area contributed by atoms with Crippen molar-refractivity contribution in [3.8, 4) is 0 Å². The molecule has 4 heteroatoms. The van der Waals surface area contributed by atoms with Crippen LogP contribution >= 0.6 is 0 Å². The van der Waals surface area contributed by atoms with Crippen molar-refractivity contribution in [2.24, 2.45) is 0 Å². The van der Waals surface area contributed by atoms with Crippen LogP contribution in [0.4, 0.5) is 0 Å². The Morgan fingerprint density at radius 1 is 1.29 bits per heavy atom. The van der Waals surface area contributed by atoms with E-state index in [-0.39, 0.29) is 18.9 Å². The number of hydrogen-bond donors (Lipinski definition) is 0. The predicted molar refractivity (Wildman–Crippen MR) is 24.4 cm³/mol. The van der Waals surface area contributed by atoms with E-state index < -0.39 is 5.82 Å². The summed E-state index contributed by atoms with van der Waals surface area (Å²) in [7, 11) is 0. The molecule has 0 amide bonds. The molecule has 0 aliphatic rings. The average molecular weight is 94.0 g/mol. The van der Waals surface area contributed by atoms with Gasteiger partial charge in [0.25, 0.3) is 0 Å². The standard InChI is InChI=1S/C3H2O3.Li.H/c4-3-5-1-2-6-3;;/h1-2H;;. The van der Waals surface area contributed by atoms with E-state index in [4.69, 9.17) is 0 Å². The van der Waals surface area contributed by atoms with E-state index in [9.17, 15) is 4.79 Å². The molecule has 1 aromatic rings. The van der Waals surface area contributed by atoms with Crippen molar-refractivity contribution >= 4 is 18.9 Å². The molecule has 0 atom stereocenters. The van der Waals surface area contributed by atoms with Crippen molar-refractivity contribution in [1.82, 2.24) is 0 Å². The maximum absolute atomic E-state index is 9.74. The first-order chi connectivity index (χ1) is 2.89. The topological polar surface area (TPSA) is 43.4 Å². The minimum absolute atomic E-state index is 0. The molecule has 0 saturated heterocycles. The maximum atomic E-state index is 9.74. The van der Waals surface area contributed by atoms with E-state index in [1.54, 1.807) is 0 Å². The van der Waals surface area contributed by atoms with Gasteiger partial charge in [-0.25, -0.2) is 4.79 Å². The van der Waals surface area contributed by atoms with Crippen molar-refractivity contribution < 1.29 is 8.83 Å². The van der Waals surface area contributed by atoms with Gasteiger partial charge >= 0.3 is 24.7 Å². The van der Waals surface area contributed by atoms with Gasteiger partial charge in [-0.05, 0) is 0 Å². The minimum atomic E-state index is -0.657. The van der Waals surface area contributed by atoms with Gasteiger partial charge < -0.3 is 8.83 Å². The first-order valence-electron chi connectivity index (χ1n) is 1.42. The van der Waals surface area contributed by atoms with Gasteiger partial charge in [0.05, 0.1) is 0 Å². The van der Waals surface area contributed by atoms with Crippen LogP contribution in [0.1, 0.15) is 0 Å². The molecule has 0 N–H and O–H groups in total. The summed E-state index contributed by atoms with van der Waals surface area (Å²) in [4.78, 5) is 9.74. The summed E-state index contributed by atoms with van der Waals surface area (Å²) < 4.78 is 8.22. The Morgan fingerprint density at radius 2 is 1.71 bits per heavy atom. The van der Waals surface area contributed by atoms with Crippen LogP contribution in [-0.2, 0) is 0 Å². The molecule has 0 aliphatic carbocycles. The van der Waals surface area contributed by atoms with Crippen molar-refractivity contribution in [1.29, 1.82) is 0 Å². The summed E-state index contributed by atoms with van der Waals surface area (Å²) in [6.45, 7) is 0. The van der Waals surface area contributed by atoms with Crippen LogP contribution in [0.3, 0.4) is 0 Å².